The molecule has 0 aromatic heterocycles. The topological polar surface area (TPSA) is 35.8 Å². The molecule has 0 bridgehead atoms. The largest absolute Gasteiger partial charge is 0.368 e. The van der Waals surface area contributed by atoms with Gasteiger partial charge >= 0.3 is 0 Å². The van der Waals surface area contributed by atoms with Crippen molar-refractivity contribution in [2.75, 3.05) is 5.32 Å². The summed E-state index contributed by atoms with van der Waals surface area (Å²) in [4.78, 5) is 0. The number of nitrogens with one attached hydrogen (secondary N) is 1. The van der Waals surface area contributed by atoms with E-state index in [9.17, 15) is 4.39 Å². The molecule has 14 heavy (non-hydrogen) atoms. The van der Waals surface area contributed by atoms with E-state index in [1.54, 1.807) is 6.92 Å². The van der Waals surface area contributed by atoms with Crippen molar-refractivity contribution >= 4 is 33.2 Å². The van der Waals surface area contributed by atoms with Gasteiger partial charge in [-0.3, -0.25) is 0 Å². The second-order valence-electron chi connectivity index (χ2n) is 2.74. The lowest BCUT2D eigenvalue weighted by Crippen LogP contribution is -2.12. The van der Waals surface area contributed by atoms with Gasteiger partial charge < -0.3 is 5.32 Å². The number of halogens is 3. The lowest BCUT2D eigenvalue weighted by molar-refractivity contribution is 0.627. The Bertz CT molecular complexity index is 366. The zero-order chi connectivity index (χ0) is 10.7. The summed E-state index contributed by atoms with van der Waals surface area (Å²) in [6.07, 6.45) is 0. The van der Waals surface area contributed by atoms with Gasteiger partial charge in [-0.1, -0.05) is 11.6 Å². The molecule has 0 spiro atoms. The maximum atomic E-state index is 12.8. The summed E-state index contributed by atoms with van der Waals surface area (Å²) in [6.45, 7) is 1.69. The third kappa shape index (κ3) is 2.60. The van der Waals surface area contributed by atoms with E-state index in [1.807, 2.05) is 6.07 Å². The van der Waals surface area contributed by atoms with Gasteiger partial charge in [-0.25, -0.2) is 4.39 Å². The Morgan fingerprint density at radius 2 is 2.29 bits per heavy atom. The van der Waals surface area contributed by atoms with E-state index in [0.717, 1.165) is 0 Å². The molecule has 5 heteroatoms. The molecule has 1 unspecified atom stereocenters. The highest BCUT2D eigenvalue weighted by Gasteiger charge is 2.09. The minimum Gasteiger partial charge on any atom is -0.368 e. The predicted octanol–water partition coefficient (Wildman–Crippen LogP) is 3.57. The summed E-state index contributed by atoms with van der Waals surface area (Å²) in [5, 5.41) is 11.7. The number of benzene rings is 1. The molecule has 1 rings (SSSR count). The third-order valence-corrected chi connectivity index (χ3v) is 2.48. The molecule has 1 aromatic rings. The minimum absolute atomic E-state index is 0.249. The first-order chi connectivity index (χ1) is 6.54. The van der Waals surface area contributed by atoms with Crippen LogP contribution < -0.4 is 5.32 Å². The molecule has 74 valence electrons. The summed E-state index contributed by atoms with van der Waals surface area (Å²) in [6, 6.07) is 4.10. The van der Waals surface area contributed by atoms with Crippen LogP contribution in [-0.2, 0) is 0 Å². The zero-order valence-electron chi connectivity index (χ0n) is 7.31. The highest BCUT2D eigenvalue weighted by molar-refractivity contribution is 9.10. The summed E-state index contributed by atoms with van der Waals surface area (Å²) in [7, 11) is 0. The second-order valence-corrected chi connectivity index (χ2v) is 4.00. The molecule has 0 aliphatic rings. The van der Waals surface area contributed by atoms with Crippen molar-refractivity contribution in [1.29, 1.82) is 5.26 Å². The van der Waals surface area contributed by atoms with Gasteiger partial charge in [-0.15, -0.1) is 0 Å². The van der Waals surface area contributed by atoms with Crippen LogP contribution in [0.3, 0.4) is 0 Å². The van der Waals surface area contributed by atoms with Crippen molar-refractivity contribution in [3.05, 3.63) is 27.4 Å². The van der Waals surface area contributed by atoms with Crippen molar-refractivity contribution in [2.45, 2.75) is 13.0 Å². The fraction of sp³-hybridized carbons (Fsp3) is 0.222. The summed E-state index contributed by atoms with van der Waals surface area (Å²) in [5.74, 6) is -0.419. The van der Waals surface area contributed by atoms with Crippen LogP contribution in [0.4, 0.5) is 10.1 Å². The number of rotatable bonds is 2. The zero-order valence-corrected chi connectivity index (χ0v) is 9.66. The predicted molar refractivity (Wildman–Crippen MR) is 57.8 cm³/mol. The first-order valence-electron chi connectivity index (χ1n) is 3.85. The first-order valence-corrected chi connectivity index (χ1v) is 5.02. The molecular weight excluding hydrogens is 270 g/mol. The highest BCUT2D eigenvalue weighted by Crippen LogP contribution is 2.31. The van der Waals surface area contributed by atoms with E-state index < -0.39 is 5.82 Å². The first kappa shape index (κ1) is 11.3. The maximum absolute atomic E-state index is 12.8. The van der Waals surface area contributed by atoms with Crippen molar-refractivity contribution in [1.82, 2.24) is 0 Å². The fourth-order valence-electron chi connectivity index (χ4n) is 0.929. The van der Waals surface area contributed by atoms with E-state index in [4.69, 9.17) is 16.9 Å². The number of hydrogen-bond acceptors (Lipinski definition) is 2. The van der Waals surface area contributed by atoms with E-state index >= 15 is 0 Å². The summed E-state index contributed by atoms with van der Waals surface area (Å²) in [5.41, 5.74) is 0.530. The monoisotopic (exact) mass is 276 g/mol. The number of hydrogen-bond donors (Lipinski definition) is 1. The molecule has 0 saturated heterocycles. The van der Waals surface area contributed by atoms with Crippen LogP contribution in [0.2, 0.25) is 5.02 Å². The van der Waals surface area contributed by atoms with E-state index in [-0.39, 0.29) is 11.1 Å². The minimum atomic E-state index is -0.419. The molecule has 1 aromatic carbocycles. The van der Waals surface area contributed by atoms with Crippen LogP contribution in [0.25, 0.3) is 0 Å². The molecule has 0 fully saturated rings. The Labute approximate surface area is 94.8 Å². The van der Waals surface area contributed by atoms with Crippen LogP contribution in [0.15, 0.2) is 16.6 Å². The molecular formula is C9H7BrClFN2. The van der Waals surface area contributed by atoms with Gasteiger partial charge in [0, 0.05) is 4.47 Å². The van der Waals surface area contributed by atoms with Gasteiger partial charge in [0.05, 0.1) is 16.8 Å². The molecule has 1 atom stereocenters. The third-order valence-electron chi connectivity index (χ3n) is 1.56. The SMILES string of the molecule is CC(C#N)Nc1c(Cl)cc(F)cc1Br. The van der Waals surface area contributed by atoms with Crippen molar-refractivity contribution in [2.24, 2.45) is 0 Å². The molecule has 0 heterocycles. The van der Waals surface area contributed by atoms with E-state index in [1.165, 1.54) is 12.1 Å². The Kier molecular flexibility index (Phi) is 3.73. The van der Waals surface area contributed by atoms with Gasteiger partial charge in [-0.2, -0.15) is 5.26 Å². The van der Waals surface area contributed by atoms with Crippen LogP contribution in [0.5, 0.6) is 0 Å². The van der Waals surface area contributed by atoms with Crippen molar-refractivity contribution < 1.29 is 4.39 Å². The average molecular weight is 278 g/mol. The van der Waals surface area contributed by atoms with Crippen molar-refractivity contribution in [3.63, 3.8) is 0 Å². The number of nitrogens with zero attached hydrogens (tertiary/aromatic N) is 1. The van der Waals surface area contributed by atoms with Crippen LogP contribution in [0.1, 0.15) is 6.92 Å². The van der Waals surface area contributed by atoms with Crippen LogP contribution >= 0.6 is 27.5 Å². The van der Waals surface area contributed by atoms with E-state index in [2.05, 4.69) is 21.2 Å². The van der Waals surface area contributed by atoms with E-state index in [0.29, 0.717) is 10.2 Å². The average Bonchev–Trinajstić information content (AvgIpc) is 2.10. The summed E-state index contributed by atoms with van der Waals surface area (Å²) >= 11 is 8.95. The van der Waals surface area contributed by atoms with Crippen molar-refractivity contribution in [3.8, 4) is 6.07 Å². The summed E-state index contributed by atoms with van der Waals surface area (Å²) < 4.78 is 13.3. The number of nitriles is 1. The number of anilines is 1. The standard InChI is InChI=1S/C9H7BrClFN2/c1-5(4-13)14-9-7(10)2-6(12)3-8(9)11/h2-3,5,14H,1H3. The molecule has 0 aliphatic carbocycles. The molecule has 0 saturated carbocycles. The highest BCUT2D eigenvalue weighted by atomic mass is 79.9. The van der Waals surface area contributed by atoms with Gasteiger partial charge in [0.15, 0.2) is 0 Å². The van der Waals surface area contributed by atoms with Gasteiger partial charge in [-0.05, 0) is 35.0 Å². The molecule has 2 nitrogen and oxygen atoms in total. The Hall–Kier alpha value is -0.790. The normalized spacial score (nSPS) is 11.9. The van der Waals surface area contributed by atoms with Crippen LogP contribution in [-0.4, -0.2) is 6.04 Å². The van der Waals surface area contributed by atoms with Gasteiger partial charge in [0.25, 0.3) is 0 Å². The molecule has 0 amide bonds. The Balaban J connectivity index is 3.04. The Morgan fingerprint density at radius 1 is 1.64 bits per heavy atom. The lowest BCUT2D eigenvalue weighted by Gasteiger charge is -2.11. The van der Waals surface area contributed by atoms with Gasteiger partial charge in [0.2, 0.25) is 0 Å². The fourth-order valence-corrected chi connectivity index (χ4v) is 1.85. The van der Waals surface area contributed by atoms with Gasteiger partial charge in [0.1, 0.15) is 11.9 Å². The lowest BCUT2D eigenvalue weighted by atomic mass is 10.2. The molecule has 0 aliphatic heterocycles. The smallest absolute Gasteiger partial charge is 0.125 e. The van der Waals surface area contributed by atoms with Crippen LogP contribution in [0, 0.1) is 17.1 Å². The quantitative estimate of drug-likeness (QED) is 0.897. The second kappa shape index (κ2) is 4.63. The molecule has 1 N–H and O–H groups in total. The maximum Gasteiger partial charge on any atom is 0.125 e. The molecule has 0 radical (unpaired) electrons. The Morgan fingerprint density at radius 3 is 2.79 bits per heavy atom.